The third-order valence-electron chi connectivity index (χ3n) is 1.81. The summed E-state index contributed by atoms with van der Waals surface area (Å²) in [6, 6.07) is 8.17. The van der Waals surface area contributed by atoms with E-state index in [1.54, 1.807) is 6.07 Å². The second kappa shape index (κ2) is 4.73. The first-order valence-corrected chi connectivity index (χ1v) is 4.18. The zero-order chi connectivity index (χ0) is 11.3. The van der Waals surface area contributed by atoms with Crippen LogP contribution in [0.2, 0.25) is 0 Å². The summed E-state index contributed by atoms with van der Waals surface area (Å²) < 4.78 is 0. The zero-order valence-corrected chi connectivity index (χ0v) is 7.80. The Bertz CT molecular complexity index is 434. The zero-order valence-electron chi connectivity index (χ0n) is 7.80. The topological polar surface area (TPSA) is 90.7 Å². The predicted octanol–water partition coefficient (Wildman–Crippen LogP) is 1.73. The highest BCUT2D eigenvalue weighted by Gasteiger charge is 2.09. The van der Waals surface area contributed by atoms with Crippen molar-refractivity contribution in [2.75, 3.05) is 0 Å². The molecule has 5 nitrogen and oxygen atoms in total. The Labute approximate surface area is 86.3 Å². The van der Waals surface area contributed by atoms with Gasteiger partial charge >= 0.3 is 0 Å². The molecule has 0 amide bonds. The van der Waals surface area contributed by atoms with Crippen molar-refractivity contribution in [3.05, 3.63) is 39.4 Å². The Morgan fingerprint density at radius 2 is 1.60 bits per heavy atom. The fourth-order valence-electron chi connectivity index (χ4n) is 1.24. The van der Waals surface area contributed by atoms with Gasteiger partial charge in [0.15, 0.2) is 0 Å². The van der Waals surface area contributed by atoms with Gasteiger partial charge < -0.3 is 0 Å². The molecule has 0 aliphatic carbocycles. The van der Waals surface area contributed by atoms with E-state index in [-0.39, 0.29) is 18.5 Å². The molecule has 0 aliphatic rings. The Kier molecular flexibility index (Phi) is 3.37. The first-order valence-electron chi connectivity index (χ1n) is 4.18. The number of nitro groups is 1. The predicted molar refractivity (Wildman–Crippen MR) is 51.7 cm³/mol. The Hall–Kier alpha value is -2.40. The highest BCUT2D eigenvalue weighted by Crippen LogP contribution is 2.17. The minimum absolute atomic E-state index is 0.0759. The smallest absolute Gasteiger partial charge is 0.258 e. The first kappa shape index (κ1) is 10.7. The number of nitriles is 2. The van der Waals surface area contributed by atoms with Crippen LogP contribution in [0.1, 0.15) is 11.1 Å². The number of rotatable bonds is 3. The minimum Gasteiger partial charge on any atom is -0.258 e. The molecule has 0 aromatic heterocycles. The number of benzene rings is 1. The van der Waals surface area contributed by atoms with Crippen LogP contribution in [0.15, 0.2) is 18.2 Å². The normalized spacial score (nSPS) is 8.93. The van der Waals surface area contributed by atoms with Gasteiger partial charge in [-0.2, -0.15) is 10.5 Å². The first-order chi connectivity index (χ1) is 7.17. The van der Waals surface area contributed by atoms with Crippen molar-refractivity contribution >= 4 is 5.69 Å². The summed E-state index contributed by atoms with van der Waals surface area (Å²) in [5, 5.41) is 27.5. The largest absolute Gasteiger partial charge is 0.270 e. The number of nitro benzene ring substituents is 1. The summed E-state index contributed by atoms with van der Waals surface area (Å²) in [6.45, 7) is 0. The van der Waals surface area contributed by atoms with E-state index in [4.69, 9.17) is 10.5 Å². The Balaban J connectivity index is 3.16. The van der Waals surface area contributed by atoms with E-state index < -0.39 is 4.92 Å². The molecule has 0 saturated carbocycles. The molecular formula is C10H7N3O2. The number of hydrogen-bond acceptors (Lipinski definition) is 4. The van der Waals surface area contributed by atoms with Crippen LogP contribution in [0.5, 0.6) is 0 Å². The summed E-state index contributed by atoms with van der Waals surface area (Å²) in [5.41, 5.74) is 1.06. The molecule has 0 N–H and O–H groups in total. The van der Waals surface area contributed by atoms with Crippen molar-refractivity contribution in [3.63, 3.8) is 0 Å². The molecule has 0 bridgehead atoms. The van der Waals surface area contributed by atoms with E-state index in [0.29, 0.717) is 11.1 Å². The summed E-state index contributed by atoms with van der Waals surface area (Å²) in [6.07, 6.45) is 0.222. The maximum atomic E-state index is 10.6. The van der Waals surface area contributed by atoms with Crippen LogP contribution in [0.4, 0.5) is 5.69 Å². The van der Waals surface area contributed by atoms with Crippen molar-refractivity contribution in [1.82, 2.24) is 0 Å². The highest BCUT2D eigenvalue weighted by atomic mass is 16.6. The molecule has 0 aliphatic heterocycles. The molecule has 0 saturated heterocycles. The van der Waals surface area contributed by atoms with Gasteiger partial charge in [0.1, 0.15) is 0 Å². The van der Waals surface area contributed by atoms with Crippen LogP contribution in [-0.2, 0) is 12.8 Å². The molecule has 0 atom stereocenters. The monoisotopic (exact) mass is 201 g/mol. The lowest BCUT2D eigenvalue weighted by atomic mass is 10.1. The minimum atomic E-state index is -0.526. The fraction of sp³-hybridized carbons (Fsp3) is 0.200. The van der Waals surface area contributed by atoms with Gasteiger partial charge in [-0.1, -0.05) is 6.07 Å². The number of non-ortho nitro benzene ring substituents is 1. The molecule has 1 aromatic carbocycles. The summed E-state index contributed by atoms with van der Waals surface area (Å²) in [4.78, 5) is 10.0. The molecule has 0 radical (unpaired) electrons. The molecule has 74 valence electrons. The second-order valence-electron chi connectivity index (χ2n) is 2.93. The summed E-state index contributed by atoms with van der Waals surface area (Å²) in [5.74, 6) is 0. The van der Waals surface area contributed by atoms with Gasteiger partial charge in [0, 0.05) is 12.1 Å². The van der Waals surface area contributed by atoms with Crippen LogP contribution in [0.3, 0.4) is 0 Å². The summed E-state index contributed by atoms with van der Waals surface area (Å²) >= 11 is 0. The third-order valence-corrected chi connectivity index (χ3v) is 1.81. The molecule has 0 heterocycles. The van der Waals surface area contributed by atoms with Crippen LogP contribution >= 0.6 is 0 Å². The molecule has 5 heteroatoms. The third kappa shape index (κ3) is 2.78. The van der Waals surface area contributed by atoms with Crippen molar-refractivity contribution in [3.8, 4) is 12.1 Å². The van der Waals surface area contributed by atoms with Crippen molar-refractivity contribution in [2.24, 2.45) is 0 Å². The van der Waals surface area contributed by atoms with Crippen LogP contribution in [0.25, 0.3) is 0 Å². The van der Waals surface area contributed by atoms with Crippen molar-refractivity contribution < 1.29 is 4.92 Å². The fourth-order valence-corrected chi connectivity index (χ4v) is 1.24. The lowest BCUT2D eigenvalue weighted by molar-refractivity contribution is -0.385. The molecule has 0 unspecified atom stereocenters. The van der Waals surface area contributed by atoms with Gasteiger partial charge in [-0.15, -0.1) is 0 Å². The Morgan fingerprint density at radius 1 is 1.13 bits per heavy atom. The molecule has 1 rings (SSSR count). The van der Waals surface area contributed by atoms with Crippen molar-refractivity contribution in [2.45, 2.75) is 12.8 Å². The molecule has 15 heavy (non-hydrogen) atoms. The van der Waals surface area contributed by atoms with E-state index in [0.717, 1.165) is 0 Å². The standard InChI is InChI=1S/C10H7N3O2/c11-3-1-8-5-9(2-4-12)7-10(6-8)13(14)15/h5-7H,1-2H2. The van der Waals surface area contributed by atoms with E-state index in [9.17, 15) is 10.1 Å². The molecule has 0 fully saturated rings. The van der Waals surface area contributed by atoms with Gasteiger partial charge in [0.05, 0.1) is 29.9 Å². The average molecular weight is 201 g/mol. The maximum absolute atomic E-state index is 10.6. The number of nitrogens with zero attached hydrogens (tertiary/aromatic N) is 3. The van der Waals surface area contributed by atoms with Gasteiger partial charge in [0.2, 0.25) is 0 Å². The quantitative estimate of drug-likeness (QED) is 0.550. The van der Waals surface area contributed by atoms with Crippen molar-refractivity contribution in [1.29, 1.82) is 10.5 Å². The maximum Gasteiger partial charge on any atom is 0.270 e. The van der Waals surface area contributed by atoms with Gasteiger partial charge in [0.25, 0.3) is 5.69 Å². The number of hydrogen-bond donors (Lipinski definition) is 0. The lowest BCUT2D eigenvalue weighted by Crippen LogP contribution is -1.94. The highest BCUT2D eigenvalue weighted by molar-refractivity contribution is 5.41. The lowest BCUT2D eigenvalue weighted by Gasteiger charge is -1.99. The van der Waals surface area contributed by atoms with E-state index in [1.807, 2.05) is 12.1 Å². The van der Waals surface area contributed by atoms with Gasteiger partial charge in [-0.3, -0.25) is 10.1 Å². The molecule has 1 aromatic rings. The van der Waals surface area contributed by atoms with E-state index in [2.05, 4.69) is 0 Å². The SMILES string of the molecule is N#CCc1cc(CC#N)cc([N+](=O)[O-])c1. The molecular weight excluding hydrogens is 194 g/mol. The van der Waals surface area contributed by atoms with E-state index >= 15 is 0 Å². The van der Waals surface area contributed by atoms with Crippen LogP contribution < -0.4 is 0 Å². The average Bonchev–Trinajstić information content (AvgIpc) is 2.18. The molecule has 0 spiro atoms. The van der Waals surface area contributed by atoms with Gasteiger partial charge in [-0.25, -0.2) is 0 Å². The van der Waals surface area contributed by atoms with E-state index in [1.165, 1.54) is 12.1 Å². The van der Waals surface area contributed by atoms with Gasteiger partial charge in [-0.05, 0) is 11.1 Å². The van der Waals surface area contributed by atoms with Crippen LogP contribution in [-0.4, -0.2) is 4.92 Å². The Morgan fingerprint density at radius 3 is 1.93 bits per heavy atom. The van der Waals surface area contributed by atoms with Crippen LogP contribution in [0, 0.1) is 32.8 Å². The summed E-state index contributed by atoms with van der Waals surface area (Å²) in [7, 11) is 0. The second-order valence-corrected chi connectivity index (χ2v) is 2.93.